The van der Waals surface area contributed by atoms with Crippen molar-refractivity contribution in [3.05, 3.63) is 69.8 Å². The Kier molecular flexibility index (Phi) is 6.59. The highest BCUT2D eigenvalue weighted by Crippen LogP contribution is 2.30. The molecule has 1 unspecified atom stereocenters. The zero-order valence-corrected chi connectivity index (χ0v) is 20.7. The van der Waals surface area contributed by atoms with Gasteiger partial charge in [0.2, 0.25) is 5.91 Å². The van der Waals surface area contributed by atoms with Gasteiger partial charge in [-0.2, -0.15) is 10.2 Å². The Hall–Kier alpha value is -4.14. The molecule has 182 valence electrons. The van der Waals surface area contributed by atoms with Gasteiger partial charge < -0.3 is 14.8 Å². The second-order valence-corrected chi connectivity index (χ2v) is 8.37. The topological polar surface area (TPSA) is 100 Å². The van der Waals surface area contributed by atoms with Gasteiger partial charge in [-0.1, -0.05) is 24.6 Å². The number of rotatable bonds is 7. The number of carbonyl (C=O) groups excluding carboxylic acids is 1. The first-order chi connectivity index (χ1) is 16.8. The predicted octanol–water partition coefficient (Wildman–Crippen LogP) is 4.11. The summed E-state index contributed by atoms with van der Waals surface area (Å²) >= 11 is 0. The van der Waals surface area contributed by atoms with E-state index >= 15 is 0 Å². The zero-order valence-electron chi connectivity index (χ0n) is 20.7. The molecule has 2 heterocycles. The predicted molar refractivity (Wildman–Crippen MR) is 135 cm³/mol. The van der Waals surface area contributed by atoms with Crippen LogP contribution in [0.3, 0.4) is 0 Å². The summed E-state index contributed by atoms with van der Waals surface area (Å²) in [6.07, 6.45) is 0.370. The van der Waals surface area contributed by atoms with Crippen LogP contribution in [0.25, 0.3) is 16.6 Å². The Morgan fingerprint density at radius 2 is 1.69 bits per heavy atom. The van der Waals surface area contributed by atoms with Crippen molar-refractivity contribution in [3.63, 3.8) is 0 Å². The van der Waals surface area contributed by atoms with Crippen molar-refractivity contribution < 1.29 is 14.3 Å². The van der Waals surface area contributed by atoms with E-state index in [1.165, 1.54) is 11.8 Å². The first-order valence-electron chi connectivity index (χ1n) is 11.4. The van der Waals surface area contributed by atoms with Gasteiger partial charge in [-0.05, 0) is 51.5 Å². The minimum absolute atomic E-state index is 0.285. The van der Waals surface area contributed by atoms with Crippen molar-refractivity contribution in [2.45, 2.75) is 40.2 Å². The second kappa shape index (κ2) is 9.61. The zero-order chi connectivity index (χ0) is 25.3. The normalized spacial score (nSPS) is 11.9. The van der Waals surface area contributed by atoms with Crippen LogP contribution in [0, 0.1) is 20.8 Å². The van der Waals surface area contributed by atoms with E-state index in [2.05, 4.69) is 15.5 Å². The summed E-state index contributed by atoms with van der Waals surface area (Å²) in [5.41, 5.74) is 3.84. The van der Waals surface area contributed by atoms with Crippen LogP contribution in [0.4, 0.5) is 5.69 Å². The van der Waals surface area contributed by atoms with Crippen molar-refractivity contribution in [1.82, 2.24) is 19.6 Å². The highest BCUT2D eigenvalue weighted by atomic mass is 16.5. The summed E-state index contributed by atoms with van der Waals surface area (Å²) < 4.78 is 13.5. The van der Waals surface area contributed by atoms with Crippen LogP contribution in [0.15, 0.2) is 47.3 Å². The van der Waals surface area contributed by atoms with Crippen LogP contribution in [0.5, 0.6) is 11.5 Å². The van der Waals surface area contributed by atoms with Crippen molar-refractivity contribution in [3.8, 4) is 17.2 Å². The third kappa shape index (κ3) is 4.37. The maximum atomic E-state index is 13.5. The first-order valence-corrected chi connectivity index (χ1v) is 11.4. The lowest BCUT2D eigenvalue weighted by molar-refractivity contribution is -0.119. The minimum Gasteiger partial charge on any atom is -0.493 e. The molecule has 0 bridgehead atoms. The molecule has 0 radical (unpaired) electrons. The van der Waals surface area contributed by atoms with Gasteiger partial charge in [0.25, 0.3) is 5.56 Å². The van der Waals surface area contributed by atoms with Gasteiger partial charge in [0, 0.05) is 11.8 Å². The number of ether oxygens (including phenoxy) is 2. The molecular formula is C26H29N5O4. The number of benzene rings is 2. The van der Waals surface area contributed by atoms with E-state index in [-0.39, 0.29) is 11.4 Å². The van der Waals surface area contributed by atoms with Gasteiger partial charge in [-0.15, -0.1) is 0 Å². The van der Waals surface area contributed by atoms with Gasteiger partial charge in [0.1, 0.15) is 6.04 Å². The highest BCUT2D eigenvalue weighted by molar-refractivity contribution is 5.94. The molecule has 0 aliphatic rings. The monoisotopic (exact) mass is 475 g/mol. The first kappa shape index (κ1) is 24.0. The van der Waals surface area contributed by atoms with Crippen molar-refractivity contribution in [1.29, 1.82) is 0 Å². The number of aryl methyl sites for hydroxylation is 3. The standard InChI is InChI=1S/C26H29N5O4/c1-7-20(25(32)27-18-10-13-21(34-5)22(14-18)35-6)31-26(33)24-23(16(3)28-31)17(4)30(29-24)19-11-8-15(2)9-12-19/h8-14,20H,7H2,1-6H3,(H,27,32). The fourth-order valence-corrected chi connectivity index (χ4v) is 4.21. The molecule has 1 amide bonds. The van der Waals surface area contributed by atoms with Crippen LogP contribution in [0.1, 0.15) is 36.3 Å². The molecule has 0 aliphatic heterocycles. The number of amides is 1. The third-order valence-corrected chi connectivity index (χ3v) is 6.06. The van der Waals surface area contributed by atoms with Crippen LogP contribution in [-0.4, -0.2) is 39.7 Å². The number of hydrogen-bond donors (Lipinski definition) is 1. The third-order valence-electron chi connectivity index (χ3n) is 6.06. The summed E-state index contributed by atoms with van der Waals surface area (Å²) in [4.78, 5) is 26.7. The molecular weight excluding hydrogens is 446 g/mol. The van der Waals surface area contributed by atoms with Crippen molar-refractivity contribution in [2.24, 2.45) is 0 Å². The van der Waals surface area contributed by atoms with Crippen molar-refractivity contribution in [2.75, 3.05) is 19.5 Å². The molecule has 9 heteroatoms. The molecule has 1 atom stereocenters. The summed E-state index contributed by atoms with van der Waals surface area (Å²) in [5, 5.41) is 12.7. The second-order valence-electron chi connectivity index (χ2n) is 8.37. The number of aromatic nitrogens is 4. The molecule has 2 aromatic heterocycles. The Morgan fingerprint density at radius 3 is 2.31 bits per heavy atom. The fraction of sp³-hybridized carbons (Fsp3) is 0.308. The number of anilines is 1. The number of fused-ring (bicyclic) bond motifs is 1. The van der Waals surface area contributed by atoms with E-state index in [1.807, 2.05) is 52.0 Å². The van der Waals surface area contributed by atoms with Gasteiger partial charge in [-0.25, -0.2) is 9.36 Å². The number of hydrogen-bond acceptors (Lipinski definition) is 6. The molecule has 0 aliphatic carbocycles. The lowest BCUT2D eigenvalue weighted by atomic mass is 10.1. The van der Waals surface area contributed by atoms with Crippen LogP contribution >= 0.6 is 0 Å². The van der Waals surface area contributed by atoms with Gasteiger partial charge in [-0.3, -0.25) is 9.59 Å². The molecule has 0 spiro atoms. The number of nitrogens with zero attached hydrogens (tertiary/aromatic N) is 4. The molecule has 0 saturated heterocycles. The Morgan fingerprint density at radius 1 is 1.00 bits per heavy atom. The van der Waals surface area contributed by atoms with Gasteiger partial charge >= 0.3 is 0 Å². The molecule has 0 saturated carbocycles. The van der Waals surface area contributed by atoms with Gasteiger partial charge in [0.15, 0.2) is 17.0 Å². The average Bonchev–Trinajstić information content (AvgIpc) is 3.20. The van der Waals surface area contributed by atoms with Crippen molar-refractivity contribution >= 4 is 22.5 Å². The molecule has 35 heavy (non-hydrogen) atoms. The quantitative estimate of drug-likeness (QED) is 0.432. The highest BCUT2D eigenvalue weighted by Gasteiger charge is 2.25. The van der Waals surface area contributed by atoms with E-state index in [9.17, 15) is 9.59 Å². The van der Waals surface area contributed by atoms with E-state index in [0.29, 0.717) is 34.7 Å². The smallest absolute Gasteiger partial charge is 0.295 e. The summed E-state index contributed by atoms with van der Waals surface area (Å²) in [6.45, 7) is 7.59. The molecule has 4 rings (SSSR count). The number of nitrogens with one attached hydrogen (secondary N) is 1. The summed E-state index contributed by atoms with van der Waals surface area (Å²) in [7, 11) is 3.07. The maximum Gasteiger partial charge on any atom is 0.295 e. The lowest BCUT2D eigenvalue weighted by Crippen LogP contribution is -2.35. The summed E-state index contributed by atoms with van der Waals surface area (Å²) in [5.74, 6) is 0.682. The largest absolute Gasteiger partial charge is 0.493 e. The molecule has 2 aromatic carbocycles. The Balaban J connectivity index is 1.73. The van der Waals surface area contributed by atoms with E-state index in [4.69, 9.17) is 9.47 Å². The van der Waals surface area contributed by atoms with Crippen LogP contribution in [0.2, 0.25) is 0 Å². The van der Waals surface area contributed by atoms with Crippen LogP contribution < -0.4 is 20.3 Å². The van der Waals surface area contributed by atoms with E-state index < -0.39 is 11.6 Å². The SMILES string of the molecule is CCC(C(=O)Nc1ccc(OC)c(OC)c1)n1nc(C)c2c(C)n(-c3ccc(C)cc3)nc2c1=O. The van der Waals surface area contributed by atoms with Gasteiger partial charge in [0.05, 0.1) is 36.7 Å². The Bertz CT molecular complexity index is 1450. The van der Waals surface area contributed by atoms with E-state index in [0.717, 1.165) is 16.9 Å². The van der Waals surface area contributed by atoms with Crippen LogP contribution in [-0.2, 0) is 4.79 Å². The fourth-order valence-electron chi connectivity index (χ4n) is 4.21. The Labute approximate surface area is 203 Å². The molecule has 0 fully saturated rings. The average molecular weight is 476 g/mol. The summed E-state index contributed by atoms with van der Waals surface area (Å²) in [6, 6.07) is 12.2. The van der Waals surface area contributed by atoms with E-state index in [1.54, 1.807) is 30.0 Å². The molecule has 9 nitrogen and oxygen atoms in total. The number of methoxy groups -OCH3 is 2. The lowest BCUT2D eigenvalue weighted by Gasteiger charge is -2.18. The molecule has 1 N–H and O–H groups in total. The maximum absolute atomic E-state index is 13.5. The molecule has 4 aromatic rings. The minimum atomic E-state index is -0.816. The number of carbonyl (C=O) groups is 1.